The van der Waals surface area contributed by atoms with Crippen molar-refractivity contribution in [2.75, 3.05) is 26.0 Å². The molecule has 2 N–H and O–H groups in total. The second-order valence-electron chi connectivity index (χ2n) is 7.83. The number of carbonyl (C=O) groups is 1. The van der Waals surface area contributed by atoms with E-state index < -0.39 is 11.5 Å². The second kappa shape index (κ2) is 8.52. The van der Waals surface area contributed by atoms with Crippen molar-refractivity contribution in [1.29, 1.82) is 0 Å². The van der Waals surface area contributed by atoms with Crippen LogP contribution in [0.1, 0.15) is 12.2 Å². The molecular weight excluding hydrogens is 438 g/mol. The number of nitrogens with zero attached hydrogens (tertiary/aromatic N) is 6. The van der Waals surface area contributed by atoms with E-state index in [-0.39, 0.29) is 12.2 Å². The number of carbonyl (C=O) groups excluding carboxylic acids is 1. The number of hydrogen-bond donors (Lipinski definition) is 2. The van der Waals surface area contributed by atoms with Crippen molar-refractivity contribution < 1.29 is 19.2 Å². The fraction of sp³-hybridized carbons (Fsp3) is 0.217. The Hall–Kier alpha value is -4.38. The van der Waals surface area contributed by atoms with Crippen molar-refractivity contribution in [3.05, 3.63) is 60.7 Å². The third-order valence-corrected chi connectivity index (χ3v) is 5.56. The number of aliphatic hydroxyl groups is 1. The van der Waals surface area contributed by atoms with Gasteiger partial charge in [0.25, 0.3) is 5.91 Å². The molecule has 0 aromatic carbocycles. The molecule has 1 atom stereocenters. The predicted molar refractivity (Wildman–Crippen MR) is 121 cm³/mol. The molecule has 11 heteroatoms. The van der Waals surface area contributed by atoms with E-state index >= 15 is 0 Å². The molecule has 0 unspecified atom stereocenters. The first-order chi connectivity index (χ1) is 16.5. The van der Waals surface area contributed by atoms with Gasteiger partial charge in [0.2, 0.25) is 11.5 Å². The predicted octanol–water partition coefficient (Wildman–Crippen LogP) is 2.39. The van der Waals surface area contributed by atoms with Crippen LogP contribution in [0.5, 0.6) is 5.75 Å². The number of aromatic nitrogens is 5. The Kier molecular flexibility index (Phi) is 5.38. The fourth-order valence-corrected chi connectivity index (χ4v) is 3.68. The van der Waals surface area contributed by atoms with Crippen LogP contribution >= 0.6 is 0 Å². The van der Waals surface area contributed by atoms with Crippen molar-refractivity contribution in [2.24, 2.45) is 0 Å². The molecule has 1 saturated heterocycles. The van der Waals surface area contributed by atoms with Crippen LogP contribution in [-0.4, -0.2) is 61.7 Å². The Labute approximate surface area is 194 Å². The number of hydrogen-bond acceptors (Lipinski definition) is 10. The highest BCUT2D eigenvalue weighted by molar-refractivity contribution is 5.87. The summed E-state index contributed by atoms with van der Waals surface area (Å²) in [6.45, 7) is 0.439. The number of likely N-dealkylation sites (N-methyl/N-ethyl adjacent to an activating group) is 1. The number of anilines is 2. The van der Waals surface area contributed by atoms with Crippen LogP contribution in [0.15, 0.2) is 59.5 Å². The van der Waals surface area contributed by atoms with Gasteiger partial charge in [-0.3, -0.25) is 9.78 Å². The van der Waals surface area contributed by atoms with Crippen LogP contribution in [-0.2, 0) is 10.4 Å². The third kappa shape index (κ3) is 3.92. The summed E-state index contributed by atoms with van der Waals surface area (Å²) in [5.74, 6) is 0.668. The van der Waals surface area contributed by atoms with Crippen molar-refractivity contribution in [3.8, 4) is 28.5 Å². The molecule has 1 amide bonds. The summed E-state index contributed by atoms with van der Waals surface area (Å²) in [7, 11) is 3.21. The molecule has 34 heavy (non-hydrogen) atoms. The highest BCUT2D eigenvalue weighted by Crippen LogP contribution is 2.34. The maximum Gasteiger partial charge on any atom is 0.262 e. The molecule has 4 aromatic heterocycles. The Morgan fingerprint density at radius 2 is 1.91 bits per heavy atom. The molecule has 1 fully saturated rings. The average Bonchev–Trinajstić information content (AvgIpc) is 3.47. The van der Waals surface area contributed by atoms with Gasteiger partial charge in [-0.25, -0.2) is 15.0 Å². The van der Waals surface area contributed by atoms with Crippen molar-refractivity contribution in [2.45, 2.75) is 12.0 Å². The van der Waals surface area contributed by atoms with Crippen molar-refractivity contribution in [3.63, 3.8) is 0 Å². The molecular formula is C23H21N7O4. The molecule has 1 aliphatic heterocycles. The Morgan fingerprint density at radius 1 is 1.12 bits per heavy atom. The number of ether oxygens (including phenoxy) is 1. The zero-order valence-corrected chi connectivity index (χ0v) is 18.5. The maximum absolute atomic E-state index is 12.4. The zero-order chi connectivity index (χ0) is 23.7. The lowest BCUT2D eigenvalue weighted by molar-refractivity contribution is -0.144. The molecule has 1 aliphatic rings. The highest BCUT2D eigenvalue weighted by Gasteiger charge is 2.48. The SMILES string of the molecule is COc1cncc(Nc2nccc(-c3cccc(-c4cc([C@]5(O)CCN(C)C5=O)on4)n3)n2)c1. The van der Waals surface area contributed by atoms with E-state index in [9.17, 15) is 9.90 Å². The molecule has 5 rings (SSSR count). The lowest BCUT2D eigenvalue weighted by atomic mass is 9.98. The van der Waals surface area contributed by atoms with E-state index in [0.29, 0.717) is 46.7 Å². The summed E-state index contributed by atoms with van der Waals surface area (Å²) < 4.78 is 10.5. The number of amides is 1. The lowest BCUT2D eigenvalue weighted by Crippen LogP contribution is -2.35. The molecule has 172 valence electrons. The van der Waals surface area contributed by atoms with Crippen LogP contribution in [0.2, 0.25) is 0 Å². The van der Waals surface area contributed by atoms with E-state index in [1.165, 1.54) is 4.90 Å². The minimum atomic E-state index is -1.71. The molecule has 0 aliphatic carbocycles. The van der Waals surface area contributed by atoms with Crippen LogP contribution in [0, 0.1) is 0 Å². The molecule has 5 heterocycles. The summed E-state index contributed by atoms with van der Waals surface area (Å²) in [6.07, 6.45) is 5.11. The van der Waals surface area contributed by atoms with Gasteiger partial charge in [-0.2, -0.15) is 0 Å². The molecule has 4 aromatic rings. The molecule has 0 spiro atoms. The number of nitrogens with one attached hydrogen (secondary N) is 1. The average molecular weight is 459 g/mol. The molecule has 0 saturated carbocycles. The summed E-state index contributed by atoms with van der Waals surface area (Å²) >= 11 is 0. The summed E-state index contributed by atoms with van der Waals surface area (Å²) in [6, 6.07) is 10.5. The van der Waals surface area contributed by atoms with Gasteiger partial charge in [-0.05, 0) is 18.2 Å². The van der Waals surface area contributed by atoms with Gasteiger partial charge in [0.15, 0.2) is 5.76 Å². The van der Waals surface area contributed by atoms with E-state index in [2.05, 4.69) is 30.4 Å². The van der Waals surface area contributed by atoms with E-state index in [4.69, 9.17) is 9.26 Å². The molecule has 11 nitrogen and oxygen atoms in total. The fourth-order valence-electron chi connectivity index (χ4n) is 3.68. The molecule has 0 radical (unpaired) electrons. The van der Waals surface area contributed by atoms with Crippen LogP contribution in [0.25, 0.3) is 22.8 Å². The van der Waals surface area contributed by atoms with Gasteiger partial charge >= 0.3 is 0 Å². The minimum Gasteiger partial charge on any atom is -0.495 e. The largest absolute Gasteiger partial charge is 0.495 e. The number of rotatable bonds is 6. The summed E-state index contributed by atoms with van der Waals surface area (Å²) in [5.41, 5.74) is 1.07. The van der Waals surface area contributed by atoms with Gasteiger partial charge in [-0.1, -0.05) is 11.2 Å². The smallest absolute Gasteiger partial charge is 0.262 e. The van der Waals surface area contributed by atoms with Gasteiger partial charge in [0, 0.05) is 38.3 Å². The highest BCUT2D eigenvalue weighted by atomic mass is 16.5. The first-order valence-electron chi connectivity index (χ1n) is 10.5. The second-order valence-corrected chi connectivity index (χ2v) is 7.83. The van der Waals surface area contributed by atoms with Crippen LogP contribution in [0.4, 0.5) is 11.6 Å². The molecule has 0 bridgehead atoms. The van der Waals surface area contributed by atoms with E-state index in [1.807, 2.05) is 12.1 Å². The minimum absolute atomic E-state index is 0.101. The number of likely N-dealkylation sites (tertiary alicyclic amines) is 1. The first-order valence-corrected chi connectivity index (χ1v) is 10.5. The van der Waals surface area contributed by atoms with Gasteiger partial charge in [-0.15, -0.1) is 0 Å². The summed E-state index contributed by atoms with van der Waals surface area (Å²) in [5, 5.41) is 17.9. The monoisotopic (exact) mass is 459 g/mol. The quantitative estimate of drug-likeness (QED) is 0.442. The first kappa shape index (κ1) is 21.5. The van der Waals surface area contributed by atoms with Crippen LogP contribution in [0.3, 0.4) is 0 Å². The third-order valence-electron chi connectivity index (χ3n) is 5.56. The van der Waals surface area contributed by atoms with Crippen LogP contribution < -0.4 is 10.1 Å². The van der Waals surface area contributed by atoms with Crippen molar-refractivity contribution in [1.82, 2.24) is 30.0 Å². The standard InChI is InChI=1S/C23H21N7O4/c1-30-9-7-23(32,21(30)31)20-11-19(29-34-20)17-5-3-4-16(27-17)18-6-8-25-22(28-18)26-14-10-15(33-2)13-24-12-14/h3-6,8,10-13,32H,7,9H2,1-2H3,(H,25,26,28)/t23-/m1/s1. The van der Waals surface area contributed by atoms with Crippen molar-refractivity contribution >= 4 is 17.5 Å². The zero-order valence-electron chi connectivity index (χ0n) is 18.5. The Bertz CT molecular complexity index is 1360. The van der Waals surface area contributed by atoms with E-state index in [1.54, 1.807) is 57.0 Å². The van der Waals surface area contributed by atoms with Gasteiger partial charge in [0.05, 0.1) is 42.3 Å². The number of pyridine rings is 2. The van der Waals surface area contributed by atoms with Gasteiger partial charge in [0.1, 0.15) is 11.4 Å². The Balaban J connectivity index is 1.40. The lowest BCUT2D eigenvalue weighted by Gasteiger charge is -2.16. The Morgan fingerprint density at radius 3 is 2.68 bits per heavy atom. The maximum atomic E-state index is 12.4. The van der Waals surface area contributed by atoms with E-state index in [0.717, 1.165) is 0 Å². The topological polar surface area (TPSA) is 139 Å². The normalized spacial score (nSPS) is 17.7. The number of methoxy groups -OCH3 is 1. The van der Waals surface area contributed by atoms with Gasteiger partial charge < -0.3 is 24.6 Å². The summed E-state index contributed by atoms with van der Waals surface area (Å²) in [4.78, 5) is 31.4.